The molecule has 22 heavy (non-hydrogen) atoms. The molecule has 2 rings (SSSR count). The number of nitrogens with one attached hydrogen (secondary N) is 1. The van der Waals surface area contributed by atoms with Crippen molar-refractivity contribution in [3.05, 3.63) is 62.7 Å². The second-order valence-electron chi connectivity index (χ2n) is 4.17. The number of hydrogen-bond acceptors (Lipinski definition) is 6. The second kappa shape index (κ2) is 6.81. The van der Waals surface area contributed by atoms with E-state index in [1.807, 2.05) is 24.3 Å². The third kappa shape index (κ3) is 3.77. The lowest BCUT2D eigenvalue weighted by Gasteiger charge is -2.00. The molecular weight excluding hydrogens is 288 g/mol. The molecule has 8 heteroatoms. The van der Waals surface area contributed by atoms with E-state index in [0.29, 0.717) is 0 Å². The van der Waals surface area contributed by atoms with Crippen LogP contribution in [-0.2, 0) is 0 Å². The highest BCUT2D eigenvalue weighted by Gasteiger charge is 2.18. The lowest BCUT2D eigenvalue weighted by Crippen LogP contribution is -1.98. The molecule has 0 heterocycles. The van der Waals surface area contributed by atoms with E-state index in [2.05, 4.69) is 22.4 Å². The Bertz CT molecular complexity index is 744. The van der Waals surface area contributed by atoms with Crippen LogP contribution in [0.25, 0.3) is 0 Å². The molecule has 0 saturated carbocycles. The van der Waals surface area contributed by atoms with E-state index in [1.54, 1.807) is 0 Å². The molecule has 0 unspecified atom stereocenters. The lowest BCUT2D eigenvalue weighted by molar-refractivity contribution is -0.393. The fourth-order valence-electron chi connectivity index (χ4n) is 1.67. The van der Waals surface area contributed by atoms with Gasteiger partial charge in [0.05, 0.1) is 28.0 Å². The van der Waals surface area contributed by atoms with Gasteiger partial charge in [-0.3, -0.25) is 25.7 Å². The van der Waals surface area contributed by atoms with Gasteiger partial charge in [0.25, 0.3) is 5.69 Å². The van der Waals surface area contributed by atoms with Gasteiger partial charge >= 0.3 is 5.69 Å². The van der Waals surface area contributed by atoms with Crippen LogP contribution in [0.15, 0.2) is 47.6 Å². The van der Waals surface area contributed by atoms with Crippen molar-refractivity contribution < 1.29 is 9.85 Å². The van der Waals surface area contributed by atoms with Crippen molar-refractivity contribution >= 4 is 23.3 Å². The summed E-state index contributed by atoms with van der Waals surface area (Å²) in [5.41, 5.74) is 1.71. The molecule has 1 N–H and O–H groups in total. The highest BCUT2D eigenvalue weighted by molar-refractivity contribution is 5.79. The SMILES string of the molecule is O=[N+]([O-])c1ccc(N/N=C/C#CC2C=CC=C2)c([N+](=O)[O-])c1. The van der Waals surface area contributed by atoms with Gasteiger partial charge in [0.2, 0.25) is 0 Å². The third-order valence-electron chi connectivity index (χ3n) is 2.70. The van der Waals surface area contributed by atoms with Crippen molar-refractivity contribution in [2.75, 3.05) is 5.43 Å². The van der Waals surface area contributed by atoms with Crippen LogP contribution >= 0.6 is 0 Å². The van der Waals surface area contributed by atoms with Crippen molar-refractivity contribution in [3.63, 3.8) is 0 Å². The predicted octanol–water partition coefficient (Wildman–Crippen LogP) is 2.65. The topological polar surface area (TPSA) is 111 Å². The van der Waals surface area contributed by atoms with Gasteiger partial charge in [-0.15, -0.1) is 0 Å². The highest BCUT2D eigenvalue weighted by atomic mass is 16.6. The summed E-state index contributed by atoms with van der Waals surface area (Å²) in [6.07, 6.45) is 8.86. The Kier molecular flexibility index (Phi) is 4.62. The third-order valence-corrected chi connectivity index (χ3v) is 2.70. The van der Waals surface area contributed by atoms with Crippen molar-refractivity contribution in [2.24, 2.45) is 11.0 Å². The van der Waals surface area contributed by atoms with Crippen LogP contribution in [-0.4, -0.2) is 16.1 Å². The highest BCUT2D eigenvalue weighted by Crippen LogP contribution is 2.28. The molecule has 1 aromatic carbocycles. The number of nitrogens with zero attached hydrogens (tertiary/aromatic N) is 3. The Morgan fingerprint density at radius 1 is 1.18 bits per heavy atom. The van der Waals surface area contributed by atoms with Gasteiger partial charge in [0.15, 0.2) is 0 Å². The van der Waals surface area contributed by atoms with E-state index in [4.69, 9.17) is 0 Å². The van der Waals surface area contributed by atoms with Gasteiger partial charge in [-0.2, -0.15) is 5.10 Å². The molecule has 8 nitrogen and oxygen atoms in total. The second-order valence-corrected chi connectivity index (χ2v) is 4.17. The van der Waals surface area contributed by atoms with E-state index in [0.717, 1.165) is 12.1 Å². The molecule has 0 spiro atoms. The Labute approximate surface area is 125 Å². The molecular formula is C14H10N4O4. The van der Waals surface area contributed by atoms with Crippen molar-refractivity contribution in [1.82, 2.24) is 0 Å². The number of allylic oxidation sites excluding steroid dienone is 4. The minimum atomic E-state index is -0.718. The summed E-state index contributed by atoms with van der Waals surface area (Å²) in [6, 6.07) is 3.26. The molecule has 1 aliphatic rings. The number of anilines is 1. The fraction of sp³-hybridized carbons (Fsp3) is 0.0714. The van der Waals surface area contributed by atoms with Crippen molar-refractivity contribution in [2.45, 2.75) is 0 Å². The Hall–Kier alpha value is -3.47. The van der Waals surface area contributed by atoms with Crippen molar-refractivity contribution in [1.29, 1.82) is 0 Å². The Morgan fingerprint density at radius 2 is 1.91 bits per heavy atom. The van der Waals surface area contributed by atoms with E-state index in [1.165, 1.54) is 12.3 Å². The van der Waals surface area contributed by atoms with Crippen LogP contribution in [0.1, 0.15) is 0 Å². The first-order chi connectivity index (χ1) is 10.6. The average molecular weight is 298 g/mol. The van der Waals surface area contributed by atoms with Gasteiger partial charge in [-0.1, -0.05) is 36.1 Å². The molecule has 0 radical (unpaired) electrons. The summed E-state index contributed by atoms with van der Waals surface area (Å²) in [5, 5.41) is 25.3. The zero-order chi connectivity index (χ0) is 15.9. The number of hydrogen-bond donors (Lipinski definition) is 1. The molecule has 0 fully saturated rings. The van der Waals surface area contributed by atoms with E-state index < -0.39 is 15.5 Å². The van der Waals surface area contributed by atoms with E-state index >= 15 is 0 Å². The smallest absolute Gasteiger partial charge is 0.271 e. The van der Waals surface area contributed by atoms with Crippen LogP contribution < -0.4 is 5.43 Å². The molecule has 0 aromatic heterocycles. The van der Waals surface area contributed by atoms with Gasteiger partial charge < -0.3 is 0 Å². The number of nitro benzene ring substituents is 2. The summed E-state index contributed by atoms with van der Waals surface area (Å²) in [4.78, 5) is 20.1. The largest absolute Gasteiger partial charge is 0.301 e. The average Bonchev–Trinajstić information content (AvgIpc) is 3.00. The molecule has 0 aliphatic heterocycles. The maximum atomic E-state index is 10.9. The monoisotopic (exact) mass is 298 g/mol. The van der Waals surface area contributed by atoms with Gasteiger partial charge in [0, 0.05) is 6.07 Å². The van der Waals surface area contributed by atoms with Crippen LogP contribution in [0.5, 0.6) is 0 Å². The minimum Gasteiger partial charge on any atom is -0.271 e. The maximum Gasteiger partial charge on any atom is 0.301 e. The van der Waals surface area contributed by atoms with Crippen LogP contribution in [0.3, 0.4) is 0 Å². The fourth-order valence-corrected chi connectivity index (χ4v) is 1.67. The number of hydrazone groups is 1. The first kappa shape index (κ1) is 14.9. The van der Waals surface area contributed by atoms with Crippen LogP contribution in [0, 0.1) is 38.0 Å². The van der Waals surface area contributed by atoms with E-state index in [9.17, 15) is 20.2 Å². The molecule has 0 atom stereocenters. The van der Waals surface area contributed by atoms with E-state index in [-0.39, 0.29) is 17.3 Å². The standard InChI is InChI=1S/C14H10N4O4/c19-17(20)12-7-8-13(14(10-12)18(21)22)16-15-9-3-6-11-4-1-2-5-11/h1-2,4-5,7-11,16H/b15-9+. The Balaban J connectivity index is 2.08. The summed E-state index contributed by atoms with van der Waals surface area (Å²) >= 11 is 0. The molecule has 1 aromatic rings. The maximum absolute atomic E-state index is 10.9. The first-order valence-electron chi connectivity index (χ1n) is 6.14. The summed E-state index contributed by atoms with van der Waals surface area (Å²) in [7, 11) is 0. The van der Waals surface area contributed by atoms with Crippen molar-refractivity contribution in [3.8, 4) is 11.8 Å². The first-order valence-corrected chi connectivity index (χ1v) is 6.14. The van der Waals surface area contributed by atoms with Crippen LogP contribution in [0.2, 0.25) is 0 Å². The summed E-state index contributed by atoms with van der Waals surface area (Å²) in [5.74, 6) is 5.63. The quantitative estimate of drug-likeness (QED) is 0.397. The number of non-ortho nitro benzene ring substituents is 1. The van der Waals surface area contributed by atoms with Gasteiger partial charge in [-0.25, -0.2) is 0 Å². The molecule has 0 saturated heterocycles. The van der Waals surface area contributed by atoms with Gasteiger partial charge in [-0.05, 0) is 6.07 Å². The molecule has 0 amide bonds. The summed E-state index contributed by atoms with van der Waals surface area (Å²) < 4.78 is 0. The Morgan fingerprint density at radius 3 is 2.55 bits per heavy atom. The lowest BCUT2D eigenvalue weighted by atomic mass is 10.2. The normalized spacial score (nSPS) is 13.1. The predicted molar refractivity (Wildman–Crippen MR) is 81.4 cm³/mol. The van der Waals surface area contributed by atoms with Crippen LogP contribution in [0.4, 0.5) is 17.1 Å². The summed E-state index contributed by atoms with van der Waals surface area (Å²) in [6.45, 7) is 0. The number of benzene rings is 1. The number of rotatable bonds is 4. The number of nitro groups is 2. The molecule has 110 valence electrons. The van der Waals surface area contributed by atoms with Gasteiger partial charge in [0.1, 0.15) is 5.69 Å². The zero-order valence-electron chi connectivity index (χ0n) is 11.2. The molecule has 1 aliphatic carbocycles. The molecule has 0 bridgehead atoms. The zero-order valence-corrected chi connectivity index (χ0v) is 11.2. The minimum absolute atomic E-state index is 0.0418.